The summed E-state index contributed by atoms with van der Waals surface area (Å²) in [6.07, 6.45) is 5.94. The van der Waals surface area contributed by atoms with Gasteiger partial charge in [0.2, 0.25) is 5.91 Å². The van der Waals surface area contributed by atoms with Crippen LogP contribution >= 0.6 is 0 Å². The van der Waals surface area contributed by atoms with Crippen LogP contribution < -0.4 is 5.32 Å². The number of likely N-dealkylation sites (tertiary alicyclic amines) is 1. The standard InChI is InChI=1S/C17H32N2O/c1-5-17(4)8-11-19(12-9-17)15(20)16(2,3)14-7-6-10-18-13-14/h14,18H,5-13H2,1-4H3. The maximum absolute atomic E-state index is 12.9. The van der Waals surface area contributed by atoms with Crippen LogP contribution in [0.25, 0.3) is 0 Å². The number of amides is 1. The lowest BCUT2D eigenvalue weighted by Gasteiger charge is -2.44. The molecule has 1 atom stereocenters. The largest absolute Gasteiger partial charge is 0.342 e. The van der Waals surface area contributed by atoms with Crippen molar-refractivity contribution in [1.29, 1.82) is 0 Å². The van der Waals surface area contributed by atoms with Gasteiger partial charge in [-0.15, -0.1) is 0 Å². The van der Waals surface area contributed by atoms with E-state index in [1.54, 1.807) is 0 Å². The molecule has 0 bridgehead atoms. The Balaban J connectivity index is 1.96. The Bertz CT molecular complexity index is 337. The van der Waals surface area contributed by atoms with Crippen LogP contribution in [0, 0.1) is 16.7 Å². The number of hydrogen-bond acceptors (Lipinski definition) is 2. The first kappa shape index (κ1) is 15.8. The highest BCUT2D eigenvalue weighted by atomic mass is 16.2. The number of carbonyl (C=O) groups excluding carboxylic acids is 1. The second kappa shape index (κ2) is 6.05. The van der Waals surface area contributed by atoms with Crippen molar-refractivity contribution in [3.8, 4) is 0 Å². The molecule has 0 saturated carbocycles. The Morgan fingerprint density at radius 2 is 2.00 bits per heavy atom. The summed E-state index contributed by atoms with van der Waals surface area (Å²) >= 11 is 0. The Hall–Kier alpha value is -0.570. The van der Waals surface area contributed by atoms with E-state index in [9.17, 15) is 4.79 Å². The van der Waals surface area contributed by atoms with Crippen LogP contribution in [0.3, 0.4) is 0 Å². The molecule has 3 nitrogen and oxygen atoms in total. The van der Waals surface area contributed by atoms with Gasteiger partial charge in [-0.3, -0.25) is 4.79 Å². The van der Waals surface area contributed by atoms with E-state index in [-0.39, 0.29) is 5.41 Å². The lowest BCUT2D eigenvalue weighted by molar-refractivity contribution is -0.146. The first-order valence-electron chi connectivity index (χ1n) is 8.39. The zero-order valence-corrected chi connectivity index (χ0v) is 13.8. The fraction of sp³-hybridized carbons (Fsp3) is 0.941. The maximum Gasteiger partial charge on any atom is 0.228 e. The summed E-state index contributed by atoms with van der Waals surface area (Å²) in [5.74, 6) is 0.868. The molecule has 116 valence electrons. The molecule has 0 aliphatic carbocycles. The Morgan fingerprint density at radius 3 is 2.50 bits per heavy atom. The van der Waals surface area contributed by atoms with Crippen molar-refractivity contribution in [2.45, 2.75) is 59.8 Å². The predicted octanol–water partition coefficient (Wildman–Crippen LogP) is 3.05. The zero-order valence-electron chi connectivity index (χ0n) is 13.8. The quantitative estimate of drug-likeness (QED) is 0.862. The van der Waals surface area contributed by atoms with Gasteiger partial charge in [0.1, 0.15) is 0 Å². The summed E-state index contributed by atoms with van der Waals surface area (Å²) in [6, 6.07) is 0. The Morgan fingerprint density at radius 1 is 1.35 bits per heavy atom. The molecule has 0 aromatic carbocycles. The first-order valence-corrected chi connectivity index (χ1v) is 8.39. The SMILES string of the molecule is CCC1(C)CCN(C(=O)C(C)(C)C2CCCNC2)CC1. The smallest absolute Gasteiger partial charge is 0.228 e. The third-order valence-corrected chi connectivity index (χ3v) is 5.98. The second-order valence-electron chi connectivity index (χ2n) is 7.72. The molecule has 0 spiro atoms. The molecule has 1 N–H and O–H groups in total. The van der Waals surface area contributed by atoms with Crippen LogP contribution in [0.2, 0.25) is 0 Å². The molecule has 2 heterocycles. The second-order valence-corrected chi connectivity index (χ2v) is 7.72. The van der Waals surface area contributed by atoms with E-state index in [0.29, 0.717) is 17.2 Å². The third kappa shape index (κ3) is 3.19. The highest BCUT2D eigenvalue weighted by Crippen LogP contribution is 2.38. The van der Waals surface area contributed by atoms with Crippen LogP contribution in [-0.2, 0) is 4.79 Å². The topological polar surface area (TPSA) is 32.3 Å². The van der Waals surface area contributed by atoms with Gasteiger partial charge in [0.05, 0.1) is 0 Å². The average Bonchev–Trinajstić information content (AvgIpc) is 2.48. The minimum Gasteiger partial charge on any atom is -0.342 e. The van der Waals surface area contributed by atoms with E-state index in [0.717, 1.165) is 39.0 Å². The van der Waals surface area contributed by atoms with Crippen LogP contribution in [0.4, 0.5) is 0 Å². The molecule has 2 aliphatic heterocycles. The number of hydrogen-bond donors (Lipinski definition) is 1. The molecule has 3 heteroatoms. The van der Waals surface area contributed by atoms with Gasteiger partial charge in [-0.2, -0.15) is 0 Å². The number of nitrogens with one attached hydrogen (secondary N) is 1. The van der Waals surface area contributed by atoms with E-state index < -0.39 is 0 Å². The molecule has 2 aliphatic rings. The minimum absolute atomic E-state index is 0.215. The van der Waals surface area contributed by atoms with Gasteiger partial charge in [-0.05, 0) is 50.1 Å². The predicted molar refractivity (Wildman–Crippen MR) is 83.6 cm³/mol. The molecule has 2 rings (SSSR count). The zero-order chi connectivity index (χ0) is 14.8. The lowest BCUT2D eigenvalue weighted by Crippen LogP contribution is -2.51. The van der Waals surface area contributed by atoms with Gasteiger partial charge < -0.3 is 10.2 Å². The van der Waals surface area contributed by atoms with Crippen LogP contribution in [0.1, 0.15) is 59.8 Å². The van der Waals surface area contributed by atoms with Gasteiger partial charge in [-0.25, -0.2) is 0 Å². The molecule has 2 saturated heterocycles. The molecular weight excluding hydrogens is 248 g/mol. The molecule has 20 heavy (non-hydrogen) atoms. The molecule has 1 unspecified atom stereocenters. The summed E-state index contributed by atoms with van der Waals surface area (Å²) in [6.45, 7) is 13.0. The summed E-state index contributed by atoms with van der Waals surface area (Å²) in [5.41, 5.74) is 0.237. The van der Waals surface area contributed by atoms with Crippen molar-refractivity contribution in [3.63, 3.8) is 0 Å². The van der Waals surface area contributed by atoms with Crippen molar-refractivity contribution < 1.29 is 4.79 Å². The van der Waals surface area contributed by atoms with E-state index in [4.69, 9.17) is 0 Å². The van der Waals surface area contributed by atoms with Crippen molar-refractivity contribution in [3.05, 3.63) is 0 Å². The van der Waals surface area contributed by atoms with E-state index in [1.165, 1.54) is 19.3 Å². The van der Waals surface area contributed by atoms with Gasteiger partial charge >= 0.3 is 0 Å². The van der Waals surface area contributed by atoms with Crippen molar-refractivity contribution in [2.24, 2.45) is 16.7 Å². The summed E-state index contributed by atoms with van der Waals surface area (Å²) < 4.78 is 0. The number of rotatable bonds is 3. The van der Waals surface area contributed by atoms with Crippen LogP contribution in [-0.4, -0.2) is 37.0 Å². The lowest BCUT2D eigenvalue weighted by atomic mass is 9.72. The Kier molecular flexibility index (Phi) is 4.78. The minimum atomic E-state index is -0.215. The number of nitrogens with zero attached hydrogens (tertiary/aromatic N) is 1. The number of carbonyl (C=O) groups is 1. The molecular formula is C17H32N2O. The highest BCUT2D eigenvalue weighted by molar-refractivity contribution is 5.82. The van der Waals surface area contributed by atoms with Gasteiger partial charge in [0.15, 0.2) is 0 Å². The fourth-order valence-corrected chi connectivity index (χ4v) is 3.65. The van der Waals surface area contributed by atoms with E-state index >= 15 is 0 Å². The highest BCUT2D eigenvalue weighted by Gasteiger charge is 2.41. The van der Waals surface area contributed by atoms with Crippen LogP contribution in [0.5, 0.6) is 0 Å². The summed E-state index contributed by atoms with van der Waals surface area (Å²) in [7, 11) is 0. The normalized spacial score (nSPS) is 27.4. The van der Waals surface area contributed by atoms with Crippen molar-refractivity contribution >= 4 is 5.91 Å². The first-order chi connectivity index (χ1) is 9.39. The monoisotopic (exact) mass is 280 g/mol. The van der Waals surface area contributed by atoms with E-state index in [2.05, 4.69) is 37.9 Å². The maximum atomic E-state index is 12.9. The molecule has 2 fully saturated rings. The van der Waals surface area contributed by atoms with Gasteiger partial charge in [0.25, 0.3) is 0 Å². The average molecular weight is 280 g/mol. The van der Waals surface area contributed by atoms with Crippen molar-refractivity contribution in [2.75, 3.05) is 26.2 Å². The third-order valence-electron chi connectivity index (χ3n) is 5.98. The molecule has 1 amide bonds. The molecule has 0 aromatic rings. The van der Waals surface area contributed by atoms with E-state index in [1.807, 2.05) is 0 Å². The fourth-order valence-electron chi connectivity index (χ4n) is 3.65. The summed E-state index contributed by atoms with van der Waals surface area (Å²) in [4.78, 5) is 15.0. The van der Waals surface area contributed by atoms with Gasteiger partial charge in [-0.1, -0.05) is 34.1 Å². The number of piperidine rings is 2. The molecule has 0 radical (unpaired) electrons. The summed E-state index contributed by atoms with van der Waals surface area (Å²) in [5, 5.41) is 3.45. The molecule has 0 aromatic heterocycles. The van der Waals surface area contributed by atoms with Crippen molar-refractivity contribution in [1.82, 2.24) is 10.2 Å². The van der Waals surface area contributed by atoms with Crippen LogP contribution in [0.15, 0.2) is 0 Å². The Labute approximate surface area is 124 Å². The van der Waals surface area contributed by atoms with Gasteiger partial charge in [0, 0.05) is 18.5 Å².